The fourth-order valence-electron chi connectivity index (χ4n) is 1.55. The van der Waals surface area contributed by atoms with Gasteiger partial charge in [0.25, 0.3) is 0 Å². The van der Waals surface area contributed by atoms with Crippen LogP contribution in [0.2, 0.25) is 0 Å². The van der Waals surface area contributed by atoms with Gasteiger partial charge in [0.05, 0.1) is 26.2 Å². The Labute approximate surface area is 125 Å². The molecule has 0 aliphatic heterocycles. The van der Waals surface area contributed by atoms with Crippen LogP contribution >= 0.6 is 0 Å². The van der Waals surface area contributed by atoms with E-state index < -0.39 is 24.3 Å². The second-order valence-electron chi connectivity index (χ2n) is 4.54. The Hall–Kier alpha value is -1.99. The lowest BCUT2D eigenvalue weighted by Crippen LogP contribution is -2.49. The SMILES string of the molecule is COc1cccc(OCCC(=O)NC(C)C(F)(F)C(F)F)c1. The Kier molecular flexibility index (Phi) is 6.45. The molecule has 0 aliphatic carbocycles. The minimum absolute atomic E-state index is 0.0774. The summed E-state index contributed by atoms with van der Waals surface area (Å²) in [5, 5.41) is 1.84. The molecule has 1 rings (SSSR count). The van der Waals surface area contributed by atoms with E-state index in [1.807, 2.05) is 5.32 Å². The Bertz CT molecular complexity index is 497. The minimum Gasteiger partial charge on any atom is -0.497 e. The molecular weight excluding hydrogens is 306 g/mol. The number of halogens is 4. The van der Waals surface area contributed by atoms with Gasteiger partial charge in [0.1, 0.15) is 11.5 Å². The van der Waals surface area contributed by atoms with Crippen molar-refractivity contribution in [1.29, 1.82) is 0 Å². The summed E-state index contributed by atoms with van der Waals surface area (Å²) in [5.74, 6) is -4.07. The molecule has 22 heavy (non-hydrogen) atoms. The summed E-state index contributed by atoms with van der Waals surface area (Å²) in [6, 6.07) is 4.64. The number of carbonyl (C=O) groups is 1. The number of ether oxygens (including phenoxy) is 2. The fourth-order valence-corrected chi connectivity index (χ4v) is 1.55. The van der Waals surface area contributed by atoms with Gasteiger partial charge >= 0.3 is 12.3 Å². The Balaban J connectivity index is 2.40. The van der Waals surface area contributed by atoms with Gasteiger partial charge in [-0.25, -0.2) is 8.78 Å². The number of amides is 1. The van der Waals surface area contributed by atoms with Crippen molar-refractivity contribution in [2.24, 2.45) is 0 Å². The van der Waals surface area contributed by atoms with E-state index in [0.717, 1.165) is 6.92 Å². The molecule has 1 N–H and O–H groups in total. The van der Waals surface area contributed by atoms with Gasteiger partial charge in [0.15, 0.2) is 0 Å². The number of methoxy groups -OCH3 is 1. The van der Waals surface area contributed by atoms with E-state index in [2.05, 4.69) is 0 Å². The summed E-state index contributed by atoms with van der Waals surface area (Å²) < 4.78 is 60.4. The molecule has 1 amide bonds. The first kappa shape index (κ1) is 18.1. The van der Waals surface area contributed by atoms with Crippen molar-refractivity contribution in [1.82, 2.24) is 5.32 Å². The Morgan fingerprint density at radius 3 is 2.55 bits per heavy atom. The van der Waals surface area contributed by atoms with E-state index in [1.54, 1.807) is 24.3 Å². The van der Waals surface area contributed by atoms with E-state index >= 15 is 0 Å². The van der Waals surface area contributed by atoms with Gasteiger partial charge in [-0.15, -0.1) is 0 Å². The van der Waals surface area contributed by atoms with Crippen LogP contribution in [0.1, 0.15) is 13.3 Å². The van der Waals surface area contributed by atoms with E-state index in [0.29, 0.717) is 11.5 Å². The first-order valence-electron chi connectivity index (χ1n) is 6.49. The largest absolute Gasteiger partial charge is 0.497 e. The molecule has 0 radical (unpaired) electrons. The van der Waals surface area contributed by atoms with E-state index in [1.165, 1.54) is 7.11 Å². The van der Waals surface area contributed by atoms with Gasteiger partial charge in [-0.05, 0) is 19.1 Å². The average molecular weight is 323 g/mol. The molecule has 1 atom stereocenters. The lowest BCUT2D eigenvalue weighted by atomic mass is 10.1. The van der Waals surface area contributed by atoms with Crippen molar-refractivity contribution in [2.75, 3.05) is 13.7 Å². The molecule has 1 aromatic carbocycles. The second-order valence-corrected chi connectivity index (χ2v) is 4.54. The average Bonchev–Trinajstić information content (AvgIpc) is 2.47. The summed E-state index contributed by atoms with van der Waals surface area (Å²) in [6.45, 7) is 0.749. The molecule has 0 aliphatic rings. The van der Waals surface area contributed by atoms with Gasteiger partial charge in [-0.2, -0.15) is 8.78 Å². The van der Waals surface area contributed by atoms with Crippen LogP contribution in [0.25, 0.3) is 0 Å². The number of benzene rings is 1. The van der Waals surface area contributed by atoms with Gasteiger partial charge in [0, 0.05) is 6.07 Å². The first-order valence-corrected chi connectivity index (χ1v) is 6.49. The number of carbonyl (C=O) groups excluding carboxylic acids is 1. The normalized spacial score (nSPS) is 12.9. The Morgan fingerprint density at radius 1 is 1.32 bits per heavy atom. The topological polar surface area (TPSA) is 47.6 Å². The second kappa shape index (κ2) is 7.86. The summed E-state index contributed by atoms with van der Waals surface area (Å²) in [7, 11) is 1.48. The molecule has 0 spiro atoms. The van der Waals surface area contributed by atoms with E-state index in [4.69, 9.17) is 9.47 Å². The highest BCUT2D eigenvalue weighted by atomic mass is 19.3. The highest BCUT2D eigenvalue weighted by Gasteiger charge is 2.46. The number of hydrogen-bond donors (Lipinski definition) is 1. The van der Waals surface area contributed by atoms with Crippen molar-refractivity contribution in [2.45, 2.75) is 31.7 Å². The molecule has 0 bridgehead atoms. The van der Waals surface area contributed by atoms with Crippen molar-refractivity contribution < 1.29 is 31.8 Å². The zero-order valence-corrected chi connectivity index (χ0v) is 12.1. The molecule has 0 aromatic heterocycles. The molecule has 4 nitrogen and oxygen atoms in total. The van der Waals surface area contributed by atoms with Gasteiger partial charge in [-0.3, -0.25) is 4.79 Å². The maximum Gasteiger partial charge on any atom is 0.326 e. The predicted molar refractivity (Wildman–Crippen MR) is 71.7 cm³/mol. The summed E-state index contributed by atoms with van der Waals surface area (Å²) in [6.07, 6.45) is -4.07. The maximum atomic E-state index is 13.0. The number of rotatable bonds is 8. The maximum absolute atomic E-state index is 13.0. The monoisotopic (exact) mass is 323 g/mol. The van der Waals surface area contributed by atoms with Crippen LogP contribution in [0.5, 0.6) is 11.5 Å². The first-order chi connectivity index (χ1) is 10.3. The molecule has 124 valence electrons. The number of alkyl halides is 4. The smallest absolute Gasteiger partial charge is 0.326 e. The lowest BCUT2D eigenvalue weighted by molar-refractivity contribution is -0.152. The van der Waals surface area contributed by atoms with Crippen LogP contribution in [0, 0.1) is 0 Å². The highest BCUT2D eigenvalue weighted by molar-refractivity contribution is 5.76. The zero-order chi connectivity index (χ0) is 16.8. The molecule has 8 heteroatoms. The highest BCUT2D eigenvalue weighted by Crippen LogP contribution is 2.26. The van der Waals surface area contributed by atoms with Crippen LogP contribution in [-0.2, 0) is 4.79 Å². The van der Waals surface area contributed by atoms with Crippen molar-refractivity contribution in [3.05, 3.63) is 24.3 Å². The van der Waals surface area contributed by atoms with E-state index in [-0.39, 0.29) is 13.0 Å². The van der Waals surface area contributed by atoms with Crippen LogP contribution < -0.4 is 14.8 Å². The number of nitrogens with one attached hydrogen (secondary N) is 1. The van der Waals surface area contributed by atoms with Crippen LogP contribution in [0.15, 0.2) is 24.3 Å². The summed E-state index contributed by atoms with van der Waals surface area (Å²) in [4.78, 5) is 11.4. The van der Waals surface area contributed by atoms with Crippen molar-refractivity contribution >= 4 is 5.91 Å². The minimum atomic E-state index is -4.27. The van der Waals surface area contributed by atoms with Crippen LogP contribution in [0.3, 0.4) is 0 Å². The number of hydrogen-bond acceptors (Lipinski definition) is 3. The molecule has 0 saturated carbocycles. The third-order valence-corrected chi connectivity index (χ3v) is 2.88. The van der Waals surface area contributed by atoms with Crippen LogP contribution in [0.4, 0.5) is 17.6 Å². The van der Waals surface area contributed by atoms with Gasteiger partial charge in [0.2, 0.25) is 5.91 Å². The van der Waals surface area contributed by atoms with Crippen molar-refractivity contribution in [3.8, 4) is 11.5 Å². The summed E-state index contributed by atoms with van der Waals surface area (Å²) >= 11 is 0. The van der Waals surface area contributed by atoms with Gasteiger partial charge < -0.3 is 14.8 Å². The zero-order valence-electron chi connectivity index (χ0n) is 12.1. The molecule has 0 saturated heterocycles. The third-order valence-electron chi connectivity index (χ3n) is 2.88. The molecular formula is C14H17F4NO3. The lowest BCUT2D eigenvalue weighted by Gasteiger charge is -2.23. The fraction of sp³-hybridized carbons (Fsp3) is 0.500. The van der Waals surface area contributed by atoms with Crippen LogP contribution in [-0.4, -0.2) is 38.0 Å². The van der Waals surface area contributed by atoms with E-state index in [9.17, 15) is 22.4 Å². The van der Waals surface area contributed by atoms with Gasteiger partial charge in [-0.1, -0.05) is 6.07 Å². The third kappa shape index (κ3) is 5.09. The quantitative estimate of drug-likeness (QED) is 0.748. The standard InChI is InChI=1S/C14H17F4NO3/c1-9(14(17,18)13(15)16)19-12(20)6-7-22-11-5-3-4-10(8-11)21-2/h3-5,8-9,13H,6-7H2,1-2H3,(H,19,20). The Morgan fingerprint density at radius 2 is 1.95 bits per heavy atom. The molecule has 1 aromatic rings. The van der Waals surface area contributed by atoms with Crippen molar-refractivity contribution in [3.63, 3.8) is 0 Å². The predicted octanol–water partition coefficient (Wildman–Crippen LogP) is 2.87. The molecule has 0 fully saturated rings. The molecule has 1 unspecified atom stereocenters. The summed E-state index contributed by atoms with van der Waals surface area (Å²) in [5.41, 5.74) is 0. The molecule has 0 heterocycles.